The number of carbonyl (C=O) groups is 3. The summed E-state index contributed by atoms with van der Waals surface area (Å²) in [5, 5.41) is 41.5. The molecule has 0 radical (unpaired) electrons. The lowest BCUT2D eigenvalue weighted by Crippen LogP contribution is -2.39. The smallest absolute Gasteiger partial charge is 0.243 e. The first-order valence-corrected chi connectivity index (χ1v) is 11.1. The van der Waals surface area contributed by atoms with Crippen LogP contribution < -0.4 is 5.32 Å². The Morgan fingerprint density at radius 3 is 1.54 bits per heavy atom. The van der Waals surface area contributed by atoms with Crippen molar-refractivity contribution in [2.45, 2.75) is 6.04 Å². The summed E-state index contributed by atoms with van der Waals surface area (Å²) in [5.41, 5.74) is 1.12. The maximum Gasteiger partial charge on any atom is 0.243 e. The number of carbonyl (C=O) groups excluding carboxylic acids is 3. The molecule has 0 bridgehead atoms. The van der Waals surface area contributed by atoms with Gasteiger partial charge >= 0.3 is 0 Å². The molecule has 188 valence electrons. The SMILES string of the molecule is C=CC(=O)NC(c1ccccc1)C(C(=O)C=Cc1cc(O)cc(O)c1)C(=O)C=Cc1cc(O)cc(O)c1. The monoisotopic (exact) mass is 499 g/mol. The highest BCUT2D eigenvalue weighted by atomic mass is 16.3. The Kier molecular flexibility index (Phi) is 8.62. The van der Waals surface area contributed by atoms with Crippen molar-refractivity contribution < 1.29 is 34.8 Å². The second-order valence-electron chi connectivity index (χ2n) is 8.12. The van der Waals surface area contributed by atoms with Gasteiger partial charge in [0.25, 0.3) is 0 Å². The molecule has 5 N–H and O–H groups in total. The van der Waals surface area contributed by atoms with Crippen LogP contribution in [-0.2, 0) is 14.4 Å². The zero-order valence-electron chi connectivity index (χ0n) is 19.6. The molecule has 0 fully saturated rings. The van der Waals surface area contributed by atoms with Crippen molar-refractivity contribution in [3.05, 3.63) is 108 Å². The predicted molar refractivity (Wildman–Crippen MR) is 139 cm³/mol. The average Bonchev–Trinajstić information content (AvgIpc) is 2.85. The first kappa shape index (κ1) is 26.5. The third-order valence-electron chi connectivity index (χ3n) is 5.32. The molecule has 37 heavy (non-hydrogen) atoms. The van der Waals surface area contributed by atoms with Gasteiger partial charge in [-0.1, -0.05) is 49.1 Å². The van der Waals surface area contributed by atoms with Gasteiger partial charge in [0, 0.05) is 12.1 Å². The maximum atomic E-state index is 13.4. The van der Waals surface area contributed by atoms with Crippen LogP contribution in [-0.4, -0.2) is 37.9 Å². The summed E-state index contributed by atoms with van der Waals surface area (Å²) in [7, 11) is 0. The van der Waals surface area contributed by atoms with Gasteiger partial charge in [0.05, 0.1) is 6.04 Å². The van der Waals surface area contributed by atoms with E-state index in [2.05, 4.69) is 11.9 Å². The topological polar surface area (TPSA) is 144 Å². The standard InChI is InChI=1S/C29H25NO7/c1-2-27(37)30-29(20-6-4-3-5-7-20)28(25(35)10-8-18-12-21(31)16-22(32)13-18)26(36)11-9-19-14-23(33)17-24(34)15-19/h2-17,28-29,31-34H,1H2,(H,30,37). The maximum absolute atomic E-state index is 13.4. The summed E-state index contributed by atoms with van der Waals surface area (Å²) in [6.07, 6.45) is 5.94. The van der Waals surface area contributed by atoms with Gasteiger partial charge in [-0.05, 0) is 59.2 Å². The van der Waals surface area contributed by atoms with E-state index in [1.807, 2.05) is 0 Å². The van der Waals surface area contributed by atoms with Crippen LogP contribution in [0.15, 0.2) is 91.5 Å². The van der Waals surface area contributed by atoms with E-state index in [1.165, 1.54) is 36.4 Å². The van der Waals surface area contributed by atoms with Gasteiger partial charge in [-0.15, -0.1) is 0 Å². The summed E-state index contributed by atoms with van der Waals surface area (Å²) in [4.78, 5) is 39.1. The van der Waals surface area contributed by atoms with E-state index in [0.717, 1.165) is 30.4 Å². The van der Waals surface area contributed by atoms with E-state index in [0.29, 0.717) is 16.7 Å². The molecular weight excluding hydrogens is 474 g/mol. The highest BCUT2D eigenvalue weighted by Gasteiger charge is 2.34. The van der Waals surface area contributed by atoms with E-state index in [4.69, 9.17) is 0 Å². The zero-order chi connectivity index (χ0) is 26.9. The third-order valence-corrected chi connectivity index (χ3v) is 5.32. The molecule has 8 heteroatoms. The molecule has 0 aromatic heterocycles. The first-order chi connectivity index (χ1) is 17.7. The first-order valence-electron chi connectivity index (χ1n) is 11.1. The number of aromatic hydroxyl groups is 4. The van der Waals surface area contributed by atoms with Crippen LogP contribution in [0.2, 0.25) is 0 Å². The van der Waals surface area contributed by atoms with Crippen molar-refractivity contribution in [3.8, 4) is 23.0 Å². The van der Waals surface area contributed by atoms with E-state index >= 15 is 0 Å². The Morgan fingerprint density at radius 2 is 1.14 bits per heavy atom. The van der Waals surface area contributed by atoms with Crippen molar-refractivity contribution in [1.29, 1.82) is 0 Å². The fraction of sp³-hybridized carbons (Fsp3) is 0.0690. The summed E-state index contributed by atoms with van der Waals surface area (Å²) < 4.78 is 0. The van der Waals surface area contributed by atoms with Crippen molar-refractivity contribution in [3.63, 3.8) is 0 Å². The molecule has 8 nitrogen and oxygen atoms in total. The van der Waals surface area contributed by atoms with Crippen molar-refractivity contribution in [2.75, 3.05) is 0 Å². The highest BCUT2D eigenvalue weighted by molar-refractivity contribution is 6.14. The van der Waals surface area contributed by atoms with Crippen LogP contribution in [0.1, 0.15) is 22.7 Å². The number of benzene rings is 3. The Labute approximate surface area is 213 Å². The lowest BCUT2D eigenvalue weighted by molar-refractivity contribution is -0.129. The van der Waals surface area contributed by atoms with Crippen molar-refractivity contribution in [2.24, 2.45) is 5.92 Å². The molecule has 0 spiro atoms. The Hall–Kier alpha value is -5.11. The summed E-state index contributed by atoms with van der Waals surface area (Å²) in [6.45, 7) is 3.44. The van der Waals surface area contributed by atoms with Gasteiger partial charge in [-0.2, -0.15) is 0 Å². The molecule has 1 unspecified atom stereocenters. The molecular formula is C29H25NO7. The second-order valence-corrected chi connectivity index (χ2v) is 8.12. The van der Waals surface area contributed by atoms with Crippen LogP contribution in [0, 0.1) is 5.92 Å². The second kappa shape index (κ2) is 12.0. The molecule has 1 amide bonds. The van der Waals surface area contributed by atoms with Crippen molar-refractivity contribution in [1.82, 2.24) is 5.32 Å². The Morgan fingerprint density at radius 1 is 0.703 bits per heavy atom. The van der Waals surface area contributed by atoms with Gasteiger partial charge in [-0.25, -0.2) is 0 Å². The van der Waals surface area contributed by atoms with Gasteiger partial charge in [0.15, 0.2) is 11.6 Å². The van der Waals surface area contributed by atoms with Crippen LogP contribution in [0.4, 0.5) is 0 Å². The minimum Gasteiger partial charge on any atom is -0.508 e. The largest absolute Gasteiger partial charge is 0.508 e. The number of nitrogens with one attached hydrogen (secondary N) is 1. The number of phenolic OH excluding ortho intramolecular Hbond substituents is 4. The lowest BCUT2D eigenvalue weighted by atomic mass is 9.85. The van der Waals surface area contributed by atoms with Crippen LogP contribution in [0.25, 0.3) is 12.2 Å². The minimum absolute atomic E-state index is 0.211. The average molecular weight is 500 g/mol. The highest BCUT2D eigenvalue weighted by Crippen LogP contribution is 2.27. The van der Waals surface area contributed by atoms with E-state index in [-0.39, 0.29) is 23.0 Å². The Bertz CT molecular complexity index is 1260. The number of allylic oxidation sites excluding steroid dienone is 2. The molecule has 0 saturated carbocycles. The number of phenols is 4. The van der Waals surface area contributed by atoms with Gasteiger partial charge < -0.3 is 25.7 Å². The minimum atomic E-state index is -1.41. The number of rotatable bonds is 10. The summed E-state index contributed by atoms with van der Waals surface area (Å²) in [5.74, 6) is -4.16. The molecule has 0 saturated heterocycles. The fourth-order valence-electron chi connectivity index (χ4n) is 3.69. The number of amides is 1. The summed E-state index contributed by atoms with van der Waals surface area (Å²) >= 11 is 0. The predicted octanol–water partition coefficient (Wildman–Crippen LogP) is 4.03. The van der Waals surface area contributed by atoms with Gasteiger partial charge in [-0.3, -0.25) is 14.4 Å². The fourth-order valence-corrected chi connectivity index (χ4v) is 3.69. The lowest BCUT2D eigenvalue weighted by Gasteiger charge is -2.25. The molecule has 0 aliphatic rings. The van der Waals surface area contributed by atoms with Crippen LogP contribution >= 0.6 is 0 Å². The molecule has 3 aromatic rings. The Balaban J connectivity index is 2.03. The number of hydrogen-bond acceptors (Lipinski definition) is 7. The third kappa shape index (κ3) is 7.43. The number of hydrogen-bond donors (Lipinski definition) is 5. The molecule has 3 rings (SSSR count). The molecule has 3 aromatic carbocycles. The van der Waals surface area contributed by atoms with Crippen molar-refractivity contribution >= 4 is 29.6 Å². The van der Waals surface area contributed by atoms with E-state index < -0.39 is 29.4 Å². The van der Waals surface area contributed by atoms with Crippen LogP contribution in [0.5, 0.6) is 23.0 Å². The molecule has 0 aliphatic heterocycles. The van der Waals surface area contributed by atoms with E-state index in [1.54, 1.807) is 30.3 Å². The summed E-state index contributed by atoms with van der Waals surface area (Å²) in [6, 6.07) is 15.0. The van der Waals surface area contributed by atoms with Gasteiger partial charge in [0.2, 0.25) is 5.91 Å². The molecule has 0 heterocycles. The molecule has 1 atom stereocenters. The van der Waals surface area contributed by atoms with E-state index in [9.17, 15) is 34.8 Å². The van der Waals surface area contributed by atoms with Gasteiger partial charge in [0.1, 0.15) is 28.9 Å². The number of ketones is 2. The zero-order valence-corrected chi connectivity index (χ0v) is 19.6. The normalized spacial score (nSPS) is 12.8. The quantitative estimate of drug-likeness (QED) is 0.209. The van der Waals surface area contributed by atoms with Crippen LogP contribution in [0.3, 0.4) is 0 Å². The molecule has 0 aliphatic carbocycles.